The van der Waals surface area contributed by atoms with E-state index in [1.165, 1.54) is 0 Å². The first kappa shape index (κ1) is 23.6. The van der Waals surface area contributed by atoms with E-state index in [1.54, 1.807) is 0 Å². The normalized spacial score (nSPS) is 11.4. The number of ether oxygens (including phenoxy) is 1. The van der Waals surface area contributed by atoms with Crippen molar-refractivity contribution in [2.24, 2.45) is 5.11 Å². The number of nitrogens with zero attached hydrogens (tertiary/aromatic N) is 4. The van der Waals surface area contributed by atoms with Gasteiger partial charge >= 0.3 is 6.09 Å². The lowest BCUT2D eigenvalue weighted by Gasteiger charge is -2.19. The molecule has 0 unspecified atom stereocenters. The molecule has 0 atom stereocenters. The molecule has 1 N–H and O–H groups in total. The summed E-state index contributed by atoms with van der Waals surface area (Å²) in [6.07, 6.45) is 7.50. The summed E-state index contributed by atoms with van der Waals surface area (Å²) in [4.78, 5) is 16.6. The van der Waals surface area contributed by atoms with Crippen LogP contribution in [0.3, 0.4) is 0 Å². The first-order chi connectivity index (χ1) is 14.8. The van der Waals surface area contributed by atoms with Crippen molar-refractivity contribution in [1.29, 1.82) is 0 Å². The second kappa shape index (κ2) is 11.5. The van der Waals surface area contributed by atoms with Gasteiger partial charge in [-0.05, 0) is 61.7 Å². The third-order valence-corrected chi connectivity index (χ3v) is 4.18. The molecule has 0 aliphatic carbocycles. The summed E-state index contributed by atoms with van der Waals surface area (Å²) >= 11 is 0. The maximum Gasteiger partial charge on any atom is 0.412 e. The first-order valence-electron chi connectivity index (χ1n) is 10.0. The van der Waals surface area contributed by atoms with Crippen LogP contribution in [0.15, 0.2) is 65.8 Å². The number of azide groups is 1. The fraction of sp³-hybridized carbons (Fsp3) is 0.292. The van der Waals surface area contributed by atoms with E-state index in [0.717, 1.165) is 16.8 Å². The van der Waals surface area contributed by atoms with Crippen LogP contribution in [-0.2, 0) is 4.74 Å². The molecule has 0 radical (unpaired) electrons. The van der Waals surface area contributed by atoms with Crippen LogP contribution < -0.4 is 10.2 Å². The van der Waals surface area contributed by atoms with E-state index >= 15 is 0 Å². The van der Waals surface area contributed by atoms with Crippen LogP contribution in [0.2, 0.25) is 0 Å². The van der Waals surface area contributed by atoms with Gasteiger partial charge in [0.25, 0.3) is 0 Å². The average molecular weight is 420 g/mol. The summed E-state index contributed by atoms with van der Waals surface area (Å²) in [7, 11) is 1.97. The van der Waals surface area contributed by atoms with Gasteiger partial charge in [-0.15, -0.1) is 0 Å². The highest BCUT2D eigenvalue weighted by Crippen LogP contribution is 2.16. The number of carbonyl (C=O) groups is 1. The molecule has 0 aliphatic rings. The third kappa shape index (κ3) is 9.10. The van der Waals surface area contributed by atoms with E-state index in [-0.39, 0.29) is 0 Å². The molecule has 0 saturated heterocycles. The minimum Gasteiger partial charge on any atom is -0.444 e. The zero-order chi connectivity index (χ0) is 22.7. The maximum absolute atomic E-state index is 11.8. The Morgan fingerprint density at radius 2 is 1.61 bits per heavy atom. The fourth-order valence-corrected chi connectivity index (χ4v) is 2.64. The van der Waals surface area contributed by atoms with Gasteiger partial charge in [-0.25, -0.2) is 4.79 Å². The predicted molar refractivity (Wildman–Crippen MR) is 128 cm³/mol. The van der Waals surface area contributed by atoms with Gasteiger partial charge in [-0.3, -0.25) is 5.32 Å². The third-order valence-electron chi connectivity index (χ3n) is 4.18. The second-order valence-corrected chi connectivity index (χ2v) is 7.93. The molecule has 0 aromatic heterocycles. The minimum absolute atomic E-state index is 0.442. The van der Waals surface area contributed by atoms with Crippen molar-refractivity contribution in [3.8, 4) is 0 Å². The van der Waals surface area contributed by atoms with Crippen molar-refractivity contribution in [2.75, 3.05) is 30.4 Å². The molecule has 2 aromatic carbocycles. The van der Waals surface area contributed by atoms with E-state index in [9.17, 15) is 4.79 Å². The number of amides is 1. The van der Waals surface area contributed by atoms with Gasteiger partial charge in [0.2, 0.25) is 0 Å². The van der Waals surface area contributed by atoms with E-state index in [2.05, 4.69) is 15.3 Å². The highest BCUT2D eigenvalue weighted by atomic mass is 16.6. The summed E-state index contributed by atoms with van der Waals surface area (Å²) in [5.41, 5.74) is 11.7. The zero-order valence-electron chi connectivity index (χ0n) is 18.4. The van der Waals surface area contributed by atoms with Crippen molar-refractivity contribution < 1.29 is 9.53 Å². The Balaban J connectivity index is 1.86. The van der Waals surface area contributed by atoms with Crippen LogP contribution >= 0.6 is 0 Å². The Labute approximate surface area is 183 Å². The van der Waals surface area contributed by atoms with Gasteiger partial charge in [-0.2, -0.15) is 0 Å². The molecule has 7 nitrogen and oxygen atoms in total. The zero-order valence-corrected chi connectivity index (χ0v) is 18.4. The standard InChI is InChI=1S/C24H29N5O2/c1-24(2,3)31-23(30)27-21-13-9-19(10-14-21)7-5-6-8-20-11-15-22(16-12-20)29(4)18-17-26-28-25/h5-16H,17-18H2,1-4H3,(H,27,30)/b7-5+,8-6+. The lowest BCUT2D eigenvalue weighted by Crippen LogP contribution is -2.27. The van der Waals surface area contributed by atoms with E-state index in [0.29, 0.717) is 18.8 Å². The van der Waals surface area contributed by atoms with Gasteiger partial charge in [0.1, 0.15) is 5.60 Å². The highest BCUT2D eigenvalue weighted by molar-refractivity contribution is 5.85. The molecule has 2 rings (SSSR count). The first-order valence-corrected chi connectivity index (χ1v) is 10.0. The maximum atomic E-state index is 11.8. The number of likely N-dealkylation sites (N-methyl/N-ethyl adjacent to an activating group) is 1. The molecule has 7 heteroatoms. The van der Waals surface area contributed by atoms with E-state index in [1.807, 2.05) is 106 Å². The molecular weight excluding hydrogens is 390 g/mol. The summed E-state index contributed by atoms with van der Waals surface area (Å²) in [5, 5.41) is 6.27. The molecule has 0 heterocycles. The molecular formula is C24H29N5O2. The number of carbonyl (C=O) groups excluding carboxylic acids is 1. The number of rotatable bonds is 8. The van der Waals surface area contributed by atoms with Crippen LogP contribution in [0.1, 0.15) is 31.9 Å². The predicted octanol–water partition coefficient (Wildman–Crippen LogP) is 6.51. The van der Waals surface area contributed by atoms with Gasteiger partial charge in [-0.1, -0.05) is 53.7 Å². The Hall–Kier alpha value is -3.70. The van der Waals surface area contributed by atoms with Gasteiger partial charge in [0.05, 0.1) is 0 Å². The lowest BCUT2D eigenvalue weighted by molar-refractivity contribution is 0.0636. The van der Waals surface area contributed by atoms with Crippen LogP contribution in [0, 0.1) is 0 Å². The van der Waals surface area contributed by atoms with Crippen molar-refractivity contribution in [3.63, 3.8) is 0 Å². The molecule has 1 amide bonds. The number of allylic oxidation sites excluding steroid dienone is 2. The smallest absolute Gasteiger partial charge is 0.412 e. The highest BCUT2D eigenvalue weighted by Gasteiger charge is 2.15. The molecule has 31 heavy (non-hydrogen) atoms. The topological polar surface area (TPSA) is 90.3 Å². The Morgan fingerprint density at radius 3 is 2.13 bits per heavy atom. The average Bonchev–Trinajstić information content (AvgIpc) is 2.71. The number of hydrogen-bond acceptors (Lipinski definition) is 4. The van der Waals surface area contributed by atoms with Crippen LogP contribution in [0.5, 0.6) is 0 Å². The Morgan fingerprint density at radius 1 is 1.06 bits per heavy atom. The number of nitrogens with one attached hydrogen (secondary N) is 1. The largest absolute Gasteiger partial charge is 0.444 e. The van der Waals surface area contributed by atoms with Crippen molar-refractivity contribution in [3.05, 3.63) is 82.3 Å². The fourth-order valence-electron chi connectivity index (χ4n) is 2.64. The monoisotopic (exact) mass is 419 g/mol. The van der Waals surface area contributed by atoms with Crippen molar-refractivity contribution in [2.45, 2.75) is 26.4 Å². The Kier molecular flexibility index (Phi) is 8.73. The van der Waals surface area contributed by atoms with Gasteiger partial charge in [0.15, 0.2) is 0 Å². The van der Waals surface area contributed by atoms with Crippen molar-refractivity contribution >= 4 is 29.6 Å². The molecule has 0 fully saturated rings. The quantitative estimate of drug-likeness (QED) is 0.229. The van der Waals surface area contributed by atoms with E-state index < -0.39 is 11.7 Å². The number of anilines is 2. The molecule has 2 aromatic rings. The van der Waals surface area contributed by atoms with Crippen LogP contribution in [0.25, 0.3) is 22.6 Å². The summed E-state index contributed by atoms with van der Waals surface area (Å²) in [6.45, 7) is 6.60. The van der Waals surface area contributed by atoms with Gasteiger partial charge in [0, 0.05) is 36.4 Å². The van der Waals surface area contributed by atoms with Crippen molar-refractivity contribution in [1.82, 2.24) is 0 Å². The summed E-state index contributed by atoms with van der Waals surface area (Å²) < 4.78 is 5.24. The summed E-state index contributed by atoms with van der Waals surface area (Å²) in [5.74, 6) is 0. The van der Waals surface area contributed by atoms with Crippen LogP contribution in [-0.4, -0.2) is 31.8 Å². The SMILES string of the molecule is CN(CCN=[N+]=[N-])c1ccc(/C=C/C=C/c2ccc(NC(=O)OC(C)(C)C)cc2)cc1. The van der Waals surface area contributed by atoms with E-state index in [4.69, 9.17) is 10.3 Å². The number of benzene rings is 2. The van der Waals surface area contributed by atoms with Gasteiger partial charge < -0.3 is 9.64 Å². The Bertz CT molecular complexity index is 951. The number of hydrogen-bond donors (Lipinski definition) is 1. The minimum atomic E-state index is -0.525. The second-order valence-electron chi connectivity index (χ2n) is 7.93. The van der Waals surface area contributed by atoms with Crippen LogP contribution in [0.4, 0.5) is 16.2 Å². The lowest BCUT2D eigenvalue weighted by atomic mass is 10.1. The molecule has 0 saturated carbocycles. The molecule has 0 aliphatic heterocycles. The molecule has 0 spiro atoms. The summed E-state index contributed by atoms with van der Waals surface area (Å²) in [6, 6.07) is 15.7. The molecule has 162 valence electrons. The molecule has 0 bridgehead atoms.